The first-order chi connectivity index (χ1) is 8.56. The summed E-state index contributed by atoms with van der Waals surface area (Å²) in [5.41, 5.74) is 0.211. The van der Waals surface area contributed by atoms with Crippen LogP contribution in [0.4, 0.5) is 0 Å². The van der Waals surface area contributed by atoms with Crippen molar-refractivity contribution in [2.75, 3.05) is 0 Å². The fraction of sp³-hybridized carbons (Fsp3) is 0. The van der Waals surface area contributed by atoms with Crippen LogP contribution in [0.3, 0.4) is 0 Å². The van der Waals surface area contributed by atoms with Crippen LogP contribution in [0.1, 0.15) is 10.4 Å². The Morgan fingerprint density at radius 1 is 1.17 bits per heavy atom. The second kappa shape index (κ2) is 5.42. The van der Waals surface area contributed by atoms with Gasteiger partial charge in [0.25, 0.3) is 0 Å². The number of carbonyl (C=O) groups is 1. The van der Waals surface area contributed by atoms with Crippen molar-refractivity contribution in [3.05, 3.63) is 57.5 Å². The summed E-state index contributed by atoms with van der Waals surface area (Å²) in [6, 6.07) is 11.4. The summed E-state index contributed by atoms with van der Waals surface area (Å²) in [5.74, 6) is 0.0659. The lowest BCUT2D eigenvalue weighted by Gasteiger charge is -2.08. The van der Waals surface area contributed by atoms with Crippen LogP contribution in [-0.4, -0.2) is 11.1 Å². The number of ether oxygens (including phenoxy) is 1. The Morgan fingerprint density at radius 3 is 2.44 bits per heavy atom. The van der Waals surface area contributed by atoms with Gasteiger partial charge in [0.1, 0.15) is 11.5 Å². The standard InChI is InChI=1S/C13H8BrClO3/c14-9-3-6-11(15)12(7-9)18-10-4-1-8(2-5-10)13(16)17/h1-7H,(H,16,17). The summed E-state index contributed by atoms with van der Waals surface area (Å²) in [4.78, 5) is 10.7. The molecule has 0 amide bonds. The summed E-state index contributed by atoms with van der Waals surface area (Å²) in [6.07, 6.45) is 0. The van der Waals surface area contributed by atoms with Crippen LogP contribution in [0.5, 0.6) is 11.5 Å². The third kappa shape index (κ3) is 3.03. The normalized spacial score (nSPS) is 10.1. The SMILES string of the molecule is O=C(O)c1ccc(Oc2cc(Br)ccc2Cl)cc1. The Labute approximate surface area is 117 Å². The lowest BCUT2D eigenvalue weighted by atomic mass is 10.2. The van der Waals surface area contributed by atoms with E-state index >= 15 is 0 Å². The van der Waals surface area contributed by atoms with E-state index in [2.05, 4.69) is 15.9 Å². The van der Waals surface area contributed by atoms with E-state index in [1.54, 1.807) is 24.3 Å². The molecule has 2 aromatic rings. The number of rotatable bonds is 3. The summed E-state index contributed by atoms with van der Waals surface area (Å²) < 4.78 is 6.42. The number of carboxylic acid groups (broad SMARTS) is 1. The quantitative estimate of drug-likeness (QED) is 0.896. The van der Waals surface area contributed by atoms with E-state index in [1.165, 1.54) is 12.1 Å². The highest BCUT2D eigenvalue weighted by Gasteiger charge is 2.06. The van der Waals surface area contributed by atoms with Gasteiger partial charge in [-0.15, -0.1) is 0 Å². The molecule has 0 radical (unpaired) electrons. The van der Waals surface area contributed by atoms with Crippen molar-refractivity contribution in [2.45, 2.75) is 0 Å². The molecule has 5 heteroatoms. The molecule has 3 nitrogen and oxygen atoms in total. The predicted octanol–water partition coefficient (Wildman–Crippen LogP) is 4.59. The van der Waals surface area contributed by atoms with Crippen LogP contribution in [0.15, 0.2) is 46.9 Å². The maximum absolute atomic E-state index is 10.7. The van der Waals surface area contributed by atoms with Crippen molar-refractivity contribution in [3.63, 3.8) is 0 Å². The van der Waals surface area contributed by atoms with Crippen molar-refractivity contribution < 1.29 is 14.6 Å². The minimum Gasteiger partial charge on any atom is -0.478 e. The lowest BCUT2D eigenvalue weighted by molar-refractivity contribution is 0.0697. The summed E-state index contributed by atoms with van der Waals surface area (Å²) in [7, 11) is 0. The molecule has 2 aromatic carbocycles. The van der Waals surface area contributed by atoms with E-state index in [0.717, 1.165) is 4.47 Å². The Balaban J connectivity index is 2.23. The summed E-state index contributed by atoms with van der Waals surface area (Å²) in [5, 5.41) is 9.26. The van der Waals surface area contributed by atoms with Crippen LogP contribution < -0.4 is 4.74 Å². The zero-order chi connectivity index (χ0) is 13.1. The molecule has 92 valence electrons. The zero-order valence-electron chi connectivity index (χ0n) is 9.06. The third-order valence-corrected chi connectivity index (χ3v) is 3.03. The second-order valence-electron chi connectivity index (χ2n) is 3.51. The highest BCUT2D eigenvalue weighted by molar-refractivity contribution is 9.10. The molecule has 0 saturated carbocycles. The van der Waals surface area contributed by atoms with Crippen molar-refractivity contribution in [1.82, 2.24) is 0 Å². The first-order valence-electron chi connectivity index (χ1n) is 5.02. The van der Waals surface area contributed by atoms with Crippen LogP contribution >= 0.6 is 27.5 Å². The van der Waals surface area contributed by atoms with E-state index in [-0.39, 0.29) is 5.56 Å². The van der Waals surface area contributed by atoms with Crippen LogP contribution in [0.25, 0.3) is 0 Å². The van der Waals surface area contributed by atoms with Gasteiger partial charge in [-0.1, -0.05) is 27.5 Å². The fourth-order valence-corrected chi connectivity index (χ4v) is 1.84. The molecule has 0 aliphatic rings. The number of hydrogen-bond donors (Lipinski definition) is 1. The first-order valence-corrected chi connectivity index (χ1v) is 6.19. The van der Waals surface area contributed by atoms with Crippen LogP contribution in [0.2, 0.25) is 5.02 Å². The van der Waals surface area contributed by atoms with Crippen molar-refractivity contribution in [2.24, 2.45) is 0 Å². The van der Waals surface area contributed by atoms with Gasteiger partial charge in [0.05, 0.1) is 10.6 Å². The van der Waals surface area contributed by atoms with Gasteiger partial charge in [-0.2, -0.15) is 0 Å². The molecule has 0 bridgehead atoms. The minimum absolute atomic E-state index is 0.211. The Morgan fingerprint density at radius 2 is 1.83 bits per heavy atom. The topological polar surface area (TPSA) is 46.5 Å². The van der Waals surface area contributed by atoms with Gasteiger partial charge in [-0.25, -0.2) is 4.79 Å². The minimum atomic E-state index is -0.970. The third-order valence-electron chi connectivity index (χ3n) is 2.22. The Bertz CT molecular complexity index is 581. The van der Waals surface area contributed by atoms with E-state index in [1.807, 2.05) is 6.07 Å². The molecule has 0 aliphatic carbocycles. The van der Waals surface area contributed by atoms with Gasteiger partial charge in [0, 0.05) is 4.47 Å². The molecule has 0 spiro atoms. The molecule has 0 atom stereocenters. The molecule has 0 fully saturated rings. The molecule has 18 heavy (non-hydrogen) atoms. The van der Waals surface area contributed by atoms with Gasteiger partial charge in [-0.3, -0.25) is 0 Å². The number of benzene rings is 2. The maximum atomic E-state index is 10.7. The largest absolute Gasteiger partial charge is 0.478 e. The molecule has 0 aromatic heterocycles. The number of aromatic carboxylic acids is 1. The van der Waals surface area contributed by atoms with Gasteiger partial charge in [0.15, 0.2) is 0 Å². The lowest BCUT2D eigenvalue weighted by Crippen LogP contribution is -1.95. The number of halogens is 2. The van der Waals surface area contributed by atoms with Gasteiger partial charge in [-0.05, 0) is 42.5 Å². The maximum Gasteiger partial charge on any atom is 0.335 e. The van der Waals surface area contributed by atoms with Crippen molar-refractivity contribution in [1.29, 1.82) is 0 Å². The number of hydrogen-bond acceptors (Lipinski definition) is 2. The second-order valence-corrected chi connectivity index (χ2v) is 4.83. The predicted molar refractivity (Wildman–Crippen MR) is 72.6 cm³/mol. The Hall–Kier alpha value is -1.52. The number of carboxylic acids is 1. The Kier molecular flexibility index (Phi) is 3.89. The van der Waals surface area contributed by atoms with Crippen LogP contribution in [0, 0.1) is 0 Å². The molecule has 2 rings (SSSR count). The van der Waals surface area contributed by atoms with E-state index in [0.29, 0.717) is 16.5 Å². The highest BCUT2D eigenvalue weighted by Crippen LogP contribution is 2.31. The summed E-state index contributed by atoms with van der Waals surface area (Å²) >= 11 is 9.31. The van der Waals surface area contributed by atoms with E-state index in [9.17, 15) is 4.79 Å². The highest BCUT2D eigenvalue weighted by atomic mass is 79.9. The monoisotopic (exact) mass is 326 g/mol. The first kappa shape index (κ1) is 12.9. The molecular formula is C13H8BrClO3. The summed E-state index contributed by atoms with van der Waals surface area (Å²) in [6.45, 7) is 0. The molecule has 0 heterocycles. The van der Waals surface area contributed by atoms with E-state index in [4.69, 9.17) is 21.4 Å². The average molecular weight is 328 g/mol. The van der Waals surface area contributed by atoms with Gasteiger partial charge >= 0.3 is 5.97 Å². The van der Waals surface area contributed by atoms with Crippen LogP contribution in [-0.2, 0) is 0 Å². The van der Waals surface area contributed by atoms with E-state index < -0.39 is 5.97 Å². The van der Waals surface area contributed by atoms with Crippen molar-refractivity contribution in [3.8, 4) is 11.5 Å². The average Bonchev–Trinajstić information content (AvgIpc) is 2.34. The fourth-order valence-electron chi connectivity index (χ4n) is 1.35. The van der Waals surface area contributed by atoms with Gasteiger partial charge in [0.2, 0.25) is 0 Å². The molecule has 0 saturated heterocycles. The van der Waals surface area contributed by atoms with Gasteiger partial charge < -0.3 is 9.84 Å². The van der Waals surface area contributed by atoms with Crippen molar-refractivity contribution >= 4 is 33.5 Å². The molecule has 0 unspecified atom stereocenters. The smallest absolute Gasteiger partial charge is 0.335 e. The zero-order valence-corrected chi connectivity index (χ0v) is 11.4. The molecule has 1 N–H and O–H groups in total. The molecular weight excluding hydrogens is 319 g/mol. The molecule has 0 aliphatic heterocycles.